The molecule has 0 atom stereocenters. The zero-order chi connectivity index (χ0) is 11.4. The molecule has 0 fully saturated rings. The fourth-order valence-corrected chi connectivity index (χ4v) is 1.20. The van der Waals surface area contributed by atoms with Gasteiger partial charge in [-0.05, 0) is 32.4 Å². The summed E-state index contributed by atoms with van der Waals surface area (Å²) in [6.07, 6.45) is 0.104. The second-order valence-corrected chi connectivity index (χ2v) is 3.64. The third-order valence-electron chi connectivity index (χ3n) is 1.82. The summed E-state index contributed by atoms with van der Waals surface area (Å²) in [5.41, 5.74) is 6.69. The van der Waals surface area contributed by atoms with E-state index in [-0.39, 0.29) is 6.10 Å². The van der Waals surface area contributed by atoms with Crippen LogP contribution in [0.25, 0.3) is 0 Å². The van der Waals surface area contributed by atoms with Gasteiger partial charge in [0.05, 0.1) is 6.10 Å². The minimum absolute atomic E-state index is 0.104. The number of rotatable bonds is 3. The summed E-state index contributed by atoms with van der Waals surface area (Å²) >= 11 is 0. The molecule has 0 heterocycles. The van der Waals surface area contributed by atoms with Gasteiger partial charge in [-0.2, -0.15) is 0 Å². The molecule has 15 heavy (non-hydrogen) atoms. The lowest BCUT2D eigenvalue weighted by Crippen LogP contribution is -2.19. The van der Waals surface area contributed by atoms with Crippen LogP contribution in [0.2, 0.25) is 0 Å². The van der Waals surface area contributed by atoms with E-state index in [0.717, 1.165) is 11.3 Å². The Hall–Kier alpha value is -1.71. The number of anilines is 1. The lowest BCUT2D eigenvalue weighted by Gasteiger charge is -2.13. The van der Waals surface area contributed by atoms with Gasteiger partial charge >= 0.3 is 6.03 Å². The van der Waals surface area contributed by atoms with Crippen molar-refractivity contribution < 1.29 is 9.53 Å². The molecule has 0 bridgehead atoms. The second kappa shape index (κ2) is 4.68. The van der Waals surface area contributed by atoms with Gasteiger partial charge < -0.3 is 15.8 Å². The number of nitrogens with one attached hydrogen (secondary N) is 1. The topological polar surface area (TPSA) is 64.3 Å². The van der Waals surface area contributed by atoms with Crippen molar-refractivity contribution in [2.45, 2.75) is 26.9 Å². The molecule has 4 nitrogen and oxygen atoms in total. The van der Waals surface area contributed by atoms with Gasteiger partial charge in [0, 0.05) is 11.8 Å². The molecule has 0 unspecified atom stereocenters. The largest absolute Gasteiger partial charge is 0.491 e. The first-order valence-electron chi connectivity index (χ1n) is 4.83. The molecule has 1 aromatic rings. The zero-order valence-electron chi connectivity index (χ0n) is 9.20. The predicted molar refractivity (Wildman–Crippen MR) is 60.1 cm³/mol. The minimum atomic E-state index is -0.575. The number of urea groups is 1. The van der Waals surface area contributed by atoms with Crippen LogP contribution < -0.4 is 15.8 Å². The number of carbonyl (C=O) groups excluding carboxylic acids is 1. The Morgan fingerprint density at radius 2 is 2.13 bits per heavy atom. The van der Waals surface area contributed by atoms with Crippen molar-refractivity contribution in [2.75, 3.05) is 5.32 Å². The number of aryl methyl sites for hydroxylation is 1. The summed E-state index contributed by atoms with van der Waals surface area (Å²) in [7, 11) is 0. The molecule has 3 N–H and O–H groups in total. The van der Waals surface area contributed by atoms with Gasteiger partial charge in [0.25, 0.3) is 0 Å². The Balaban J connectivity index is 2.89. The smallest absolute Gasteiger partial charge is 0.316 e. The van der Waals surface area contributed by atoms with Crippen molar-refractivity contribution in [3.8, 4) is 5.75 Å². The van der Waals surface area contributed by atoms with Gasteiger partial charge in [-0.25, -0.2) is 4.79 Å². The number of primary amides is 1. The molecule has 1 aromatic carbocycles. The first-order chi connectivity index (χ1) is 6.99. The third-order valence-corrected chi connectivity index (χ3v) is 1.82. The maximum absolute atomic E-state index is 10.7. The number of amides is 2. The van der Waals surface area contributed by atoms with Gasteiger partial charge in [0.2, 0.25) is 0 Å². The van der Waals surface area contributed by atoms with E-state index in [1.807, 2.05) is 26.8 Å². The average molecular weight is 208 g/mol. The van der Waals surface area contributed by atoms with E-state index in [2.05, 4.69) is 5.32 Å². The highest BCUT2D eigenvalue weighted by atomic mass is 16.5. The minimum Gasteiger partial charge on any atom is -0.491 e. The molecule has 82 valence electrons. The average Bonchev–Trinajstić information content (AvgIpc) is 2.09. The van der Waals surface area contributed by atoms with Gasteiger partial charge in [-0.1, -0.05) is 6.07 Å². The molecular weight excluding hydrogens is 192 g/mol. The van der Waals surface area contributed by atoms with Crippen molar-refractivity contribution in [2.24, 2.45) is 5.73 Å². The van der Waals surface area contributed by atoms with Gasteiger partial charge in [0.15, 0.2) is 0 Å². The first kappa shape index (κ1) is 11.4. The summed E-state index contributed by atoms with van der Waals surface area (Å²) in [6, 6.07) is 4.85. The summed E-state index contributed by atoms with van der Waals surface area (Å²) in [5.74, 6) is 0.760. The Labute approximate surface area is 89.4 Å². The van der Waals surface area contributed by atoms with E-state index < -0.39 is 6.03 Å². The molecule has 0 aliphatic heterocycles. The predicted octanol–water partition coefficient (Wildman–Crippen LogP) is 2.27. The summed E-state index contributed by atoms with van der Waals surface area (Å²) in [4.78, 5) is 10.7. The van der Waals surface area contributed by atoms with Gasteiger partial charge in [0.1, 0.15) is 5.75 Å². The molecule has 4 heteroatoms. The van der Waals surface area contributed by atoms with E-state index in [4.69, 9.17) is 10.5 Å². The maximum atomic E-state index is 10.7. The molecular formula is C11H16N2O2. The van der Waals surface area contributed by atoms with Crippen molar-refractivity contribution in [3.63, 3.8) is 0 Å². The number of hydrogen-bond donors (Lipinski definition) is 2. The quantitative estimate of drug-likeness (QED) is 0.800. The number of benzene rings is 1. The molecule has 0 saturated heterocycles. The van der Waals surface area contributed by atoms with E-state index in [0.29, 0.717) is 5.69 Å². The van der Waals surface area contributed by atoms with Crippen LogP contribution in [0.15, 0.2) is 18.2 Å². The Kier molecular flexibility index (Phi) is 3.55. The van der Waals surface area contributed by atoms with E-state index in [9.17, 15) is 4.79 Å². The molecule has 0 radical (unpaired) electrons. The van der Waals surface area contributed by atoms with E-state index in [1.54, 1.807) is 12.1 Å². The number of hydrogen-bond acceptors (Lipinski definition) is 2. The van der Waals surface area contributed by atoms with Crippen LogP contribution >= 0.6 is 0 Å². The standard InChI is InChI=1S/C11H16N2O2/c1-7(2)15-10-6-9(13-11(12)14)5-4-8(10)3/h4-7H,1-3H3,(H3,12,13,14). The van der Waals surface area contributed by atoms with E-state index in [1.165, 1.54) is 0 Å². The molecule has 0 spiro atoms. The fraction of sp³-hybridized carbons (Fsp3) is 0.364. The van der Waals surface area contributed by atoms with Gasteiger partial charge in [-0.3, -0.25) is 0 Å². The molecule has 0 aliphatic carbocycles. The van der Waals surface area contributed by atoms with Crippen LogP contribution in [0.3, 0.4) is 0 Å². The lowest BCUT2D eigenvalue weighted by atomic mass is 10.2. The number of nitrogens with two attached hydrogens (primary N) is 1. The van der Waals surface area contributed by atoms with Crippen molar-refractivity contribution in [1.82, 2.24) is 0 Å². The van der Waals surface area contributed by atoms with Crippen LogP contribution in [-0.4, -0.2) is 12.1 Å². The Morgan fingerprint density at radius 3 is 2.67 bits per heavy atom. The summed E-state index contributed by atoms with van der Waals surface area (Å²) in [6.45, 7) is 5.85. The number of ether oxygens (including phenoxy) is 1. The molecule has 0 aliphatic rings. The highest BCUT2D eigenvalue weighted by Gasteiger charge is 2.04. The van der Waals surface area contributed by atoms with Gasteiger partial charge in [-0.15, -0.1) is 0 Å². The summed E-state index contributed by atoms with van der Waals surface area (Å²) < 4.78 is 5.58. The third kappa shape index (κ3) is 3.50. The molecule has 0 aromatic heterocycles. The van der Waals surface area contributed by atoms with Crippen LogP contribution in [0.1, 0.15) is 19.4 Å². The zero-order valence-corrected chi connectivity index (χ0v) is 9.20. The SMILES string of the molecule is Cc1ccc(NC(N)=O)cc1OC(C)C. The lowest BCUT2D eigenvalue weighted by molar-refractivity contribution is 0.241. The highest BCUT2D eigenvalue weighted by Crippen LogP contribution is 2.23. The Bertz CT molecular complexity index is 362. The highest BCUT2D eigenvalue weighted by molar-refractivity contribution is 5.88. The van der Waals surface area contributed by atoms with Crippen molar-refractivity contribution in [1.29, 1.82) is 0 Å². The van der Waals surface area contributed by atoms with Crippen LogP contribution in [0, 0.1) is 6.92 Å². The maximum Gasteiger partial charge on any atom is 0.316 e. The normalized spacial score (nSPS) is 10.1. The Morgan fingerprint density at radius 1 is 1.47 bits per heavy atom. The molecule has 0 saturated carbocycles. The first-order valence-corrected chi connectivity index (χ1v) is 4.83. The molecule has 1 rings (SSSR count). The molecule has 2 amide bonds. The monoisotopic (exact) mass is 208 g/mol. The van der Waals surface area contributed by atoms with Crippen LogP contribution in [0.5, 0.6) is 5.75 Å². The van der Waals surface area contributed by atoms with Crippen LogP contribution in [0.4, 0.5) is 10.5 Å². The van der Waals surface area contributed by atoms with Crippen molar-refractivity contribution in [3.05, 3.63) is 23.8 Å². The summed E-state index contributed by atoms with van der Waals surface area (Å²) in [5, 5.41) is 2.50. The van der Waals surface area contributed by atoms with E-state index >= 15 is 0 Å². The number of carbonyl (C=O) groups is 1. The van der Waals surface area contributed by atoms with Crippen molar-refractivity contribution >= 4 is 11.7 Å². The van der Waals surface area contributed by atoms with Crippen LogP contribution in [-0.2, 0) is 0 Å². The fourth-order valence-electron chi connectivity index (χ4n) is 1.20. The second-order valence-electron chi connectivity index (χ2n) is 3.64.